The summed E-state index contributed by atoms with van der Waals surface area (Å²) < 4.78 is 0. The summed E-state index contributed by atoms with van der Waals surface area (Å²) in [5, 5.41) is 5.58. The quantitative estimate of drug-likeness (QED) is 0.833. The summed E-state index contributed by atoms with van der Waals surface area (Å²) in [5.41, 5.74) is 1.01. The van der Waals surface area contributed by atoms with Crippen LogP contribution < -0.4 is 10.6 Å². The Bertz CT molecular complexity index is 665. The lowest BCUT2D eigenvalue weighted by atomic mass is 9.82. The molecule has 0 radical (unpaired) electrons. The molecule has 2 fully saturated rings. The second kappa shape index (κ2) is 6.63. The highest BCUT2D eigenvalue weighted by Crippen LogP contribution is 2.33. The summed E-state index contributed by atoms with van der Waals surface area (Å²) in [7, 11) is 0. The van der Waals surface area contributed by atoms with Crippen molar-refractivity contribution in [2.45, 2.75) is 51.0 Å². The van der Waals surface area contributed by atoms with Crippen LogP contribution in [0.25, 0.3) is 0 Å². The second-order valence-electron chi connectivity index (χ2n) is 6.57. The maximum absolute atomic E-state index is 12.6. The summed E-state index contributed by atoms with van der Waals surface area (Å²) in [6.45, 7) is 1.79. The highest BCUT2D eigenvalue weighted by Gasteiger charge is 2.51. The maximum Gasteiger partial charge on any atom is 0.325 e. The molecular weight excluding hydrogens is 306 g/mol. The number of rotatable bonds is 4. The van der Waals surface area contributed by atoms with Crippen molar-refractivity contribution in [2.24, 2.45) is 0 Å². The Labute approximate surface area is 141 Å². The Hall–Kier alpha value is -2.37. The van der Waals surface area contributed by atoms with Gasteiger partial charge in [0.15, 0.2) is 0 Å². The first-order valence-corrected chi connectivity index (χ1v) is 8.57. The van der Waals surface area contributed by atoms with E-state index < -0.39 is 11.6 Å². The molecule has 2 N–H and O–H groups in total. The van der Waals surface area contributed by atoms with E-state index in [1.807, 2.05) is 25.1 Å². The average Bonchev–Trinajstić information content (AvgIpc) is 2.80. The predicted octanol–water partition coefficient (Wildman–Crippen LogP) is 2.44. The molecule has 1 heterocycles. The van der Waals surface area contributed by atoms with E-state index in [1.54, 1.807) is 6.07 Å². The van der Waals surface area contributed by atoms with Gasteiger partial charge in [-0.2, -0.15) is 0 Å². The van der Waals surface area contributed by atoms with E-state index in [4.69, 9.17) is 0 Å². The fourth-order valence-electron chi connectivity index (χ4n) is 3.53. The number of aryl methyl sites for hydroxylation is 1. The zero-order valence-electron chi connectivity index (χ0n) is 13.9. The van der Waals surface area contributed by atoms with E-state index in [-0.39, 0.29) is 18.4 Å². The van der Waals surface area contributed by atoms with Crippen molar-refractivity contribution in [3.05, 3.63) is 29.8 Å². The molecule has 1 aromatic rings. The molecule has 1 saturated heterocycles. The summed E-state index contributed by atoms with van der Waals surface area (Å²) in [4.78, 5) is 38.1. The Kier molecular flexibility index (Phi) is 4.55. The van der Waals surface area contributed by atoms with Crippen molar-refractivity contribution >= 4 is 23.5 Å². The largest absolute Gasteiger partial charge is 0.325 e. The van der Waals surface area contributed by atoms with Crippen LogP contribution in [0, 0.1) is 0 Å². The minimum atomic E-state index is -0.780. The number of hydrogen-bond donors (Lipinski definition) is 2. The molecule has 24 heavy (non-hydrogen) atoms. The Morgan fingerprint density at radius 1 is 1.25 bits per heavy atom. The molecule has 6 nitrogen and oxygen atoms in total. The van der Waals surface area contributed by atoms with Gasteiger partial charge in [0.05, 0.1) is 0 Å². The van der Waals surface area contributed by atoms with E-state index in [0.717, 1.165) is 36.1 Å². The molecule has 1 aliphatic carbocycles. The van der Waals surface area contributed by atoms with Crippen LogP contribution in [0.4, 0.5) is 10.5 Å². The molecule has 0 unspecified atom stereocenters. The third kappa shape index (κ3) is 3.13. The van der Waals surface area contributed by atoms with Crippen LogP contribution in [0.3, 0.4) is 0 Å². The van der Waals surface area contributed by atoms with Crippen LogP contribution in [0.5, 0.6) is 0 Å². The summed E-state index contributed by atoms with van der Waals surface area (Å²) in [6.07, 6.45) is 5.13. The van der Waals surface area contributed by atoms with Gasteiger partial charge in [-0.25, -0.2) is 4.79 Å². The van der Waals surface area contributed by atoms with Gasteiger partial charge in [0.25, 0.3) is 5.91 Å². The first-order chi connectivity index (χ1) is 11.5. The first-order valence-electron chi connectivity index (χ1n) is 8.57. The first kappa shape index (κ1) is 16.5. The number of carbonyl (C=O) groups is 3. The number of carbonyl (C=O) groups excluding carboxylic acids is 3. The Balaban J connectivity index is 1.65. The van der Waals surface area contributed by atoms with Gasteiger partial charge in [0, 0.05) is 5.69 Å². The maximum atomic E-state index is 12.6. The van der Waals surface area contributed by atoms with Crippen molar-refractivity contribution in [1.29, 1.82) is 0 Å². The smallest absolute Gasteiger partial charge is 0.325 e. The number of nitrogens with one attached hydrogen (secondary N) is 2. The zero-order valence-corrected chi connectivity index (χ0v) is 13.9. The lowest BCUT2D eigenvalue weighted by molar-refractivity contribution is -0.134. The van der Waals surface area contributed by atoms with Crippen LogP contribution >= 0.6 is 0 Å². The summed E-state index contributed by atoms with van der Waals surface area (Å²) in [5.74, 6) is -0.621. The van der Waals surface area contributed by atoms with Crippen LogP contribution in [-0.2, 0) is 16.0 Å². The Morgan fingerprint density at radius 2 is 2.00 bits per heavy atom. The molecule has 6 heteroatoms. The standard InChI is InChI=1S/C18H23N3O3/c1-2-13-7-6-8-14(11-13)19-15(22)12-21-16(23)18(20-17(21)24)9-4-3-5-10-18/h6-8,11H,2-5,9-10,12H2,1H3,(H,19,22)(H,20,24). The van der Waals surface area contributed by atoms with Crippen LogP contribution in [0.1, 0.15) is 44.6 Å². The highest BCUT2D eigenvalue weighted by molar-refractivity contribution is 6.10. The number of nitrogens with zero attached hydrogens (tertiary/aromatic N) is 1. The molecule has 0 aromatic heterocycles. The monoisotopic (exact) mass is 329 g/mol. The van der Waals surface area contributed by atoms with Gasteiger partial charge in [-0.1, -0.05) is 38.3 Å². The van der Waals surface area contributed by atoms with Gasteiger partial charge in [-0.3, -0.25) is 14.5 Å². The van der Waals surface area contributed by atoms with Gasteiger partial charge in [-0.05, 0) is 37.0 Å². The number of anilines is 1. The number of hydrogen-bond acceptors (Lipinski definition) is 3. The third-order valence-electron chi connectivity index (χ3n) is 4.87. The van der Waals surface area contributed by atoms with Crippen molar-refractivity contribution < 1.29 is 14.4 Å². The van der Waals surface area contributed by atoms with Crippen molar-refractivity contribution in [3.63, 3.8) is 0 Å². The second-order valence-corrected chi connectivity index (χ2v) is 6.57. The van der Waals surface area contributed by atoms with Crippen molar-refractivity contribution in [2.75, 3.05) is 11.9 Å². The molecule has 0 atom stereocenters. The molecule has 1 aromatic carbocycles. The zero-order chi connectivity index (χ0) is 17.2. The molecule has 0 bridgehead atoms. The summed E-state index contributed by atoms with van der Waals surface area (Å²) >= 11 is 0. The number of benzene rings is 1. The topological polar surface area (TPSA) is 78.5 Å². The SMILES string of the molecule is CCc1cccc(NC(=O)CN2C(=O)NC3(CCCCC3)C2=O)c1. The van der Waals surface area contributed by atoms with Gasteiger partial charge < -0.3 is 10.6 Å². The Morgan fingerprint density at radius 3 is 2.71 bits per heavy atom. The predicted molar refractivity (Wildman–Crippen MR) is 90.5 cm³/mol. The van der Waals surface area contributed by atoms with Crippen molar-refractivity contribution in [3.8, 4) is 0 Å². The van der Waals surface area contributed by atoms with Gasteiger partial charge in [-0.15, -0.1) is 0 Å². The minimum absolute atomic E-state index is 0.247. The van der Waals surface area contributed by atoms with Gasteiger partial charge >= 0.3 is 6.03 Å². The fraction of sp³-hybridized carbons (Fsp3) is 0.500. The molecule has 1 aliphatic heterocycles. The van der Waals surface area contributed by atoms with E-state index in [0.29, 0.717) is 18.5 Å². The van der Waals surface area contributed by atoms with Crippen LogP contribution in [0.2, 0.25) is 0 Å². The molecule has 4 amide bonds. The normalized spacial score (nSPS) is 19.5. The third-order valence-corrected chi connectivity index (χ3v) is 4.87. The molecule has 2 aliphatic rings. The number of urea groups is 1. The summed E-state index contributed by atoms with van der Waals surface area (Å²) in [6, 6.07) is 7.09. The van der Waals surface area contributed by atoms with Crippen molar-refractivity contribution in [1.82, 2.24) is 10.2 Å². The van der Waals surface area contributed by atoms with Gasteiger partial charge in [0.1, 0.15) is 12.1 Å². The lowest BCUT2D eigenvalue weighted by Crippen LogP contribution is -2.48. The van der Waals surface area contributed by atoms with E-state index >= 15 is 0 Å². The van der Waals surface area contributed by atoms with Crippen LogP contribution in [0.15, 0.2) is 24.3 Å². The minimum Gasteiger partial charge on any atom is -0.325 e. The molecular formula is C18H23N3O3. The highest BCUT2D eigenvalue weighted by atomic mass is 16.2. The van der Waals surface area contributed by atoms with Crippen LogP contribution in [-0.4, -0.2) is 34.8 Å². The van der Waals surface area contributed by atoms with E-state index in [1.165, 1.54) is 0 Å². The number of amides is 4. The van der Waals surface area contributed by atoms with E-state index in [2.05, 4.69) is 10.6 Å². The molecule has 1 spiro atoms. The average molecular weight is 329 g/mol. The fourth-order valence-corrected chi connectivity index (χ4v) is 3.53. The van der Waals surface area contributed by atoms with E-state index in [9.17, 15) is 14.4 Å². The number of imide groups is 1. The molecule has 1 saturated carbocycles. The molecule has 128 valence electrons. The lowest BCUT2D eigenvalue weighted by Gasteiger charge is -2.30. The molecule has 3 rings (SSSR count). The van der Waals surface area contributed by atoms with Gasteiger partial charge in [0.2, 0.25) is 5.91 Å².